The first kappa shape index (κ1) is 61.1. The van der Waals surface area contributed by atoms with Crippen LogP contribution in [0.25, 0.3) is 0 Å². The summed E-state index contributed by atoms with van der Waals surface area (Å²) in [7, 11) is 0. The number of carbonyl (C=O) groups excluding carboxylic acids is 5. The number of hydrogen-bond acceptors (Lipinski definition) is 17. The minimum atomic E-state index is -1.26. The van der Waals surface area contributed by atoms with Crippen LogP contribution in [0.15, 0.2) is 257 Å². The number of ether oxygens (including phenoxy) is 3. The van der Waals surface area contributed by atoms with Crippen LogP contribution in [0.4, 0.5) is 9.93 Å². The monoisotopic (exact) mass is 1260 g/mol. The van der Waals surface area contributed by atoms with Crippen molar-refractivity contribution < 1.29 is 43.0 Å². The zero-order valence-corrected chi connectivity index (χ0v) is 51.5. The van der Waals surface area contributed by atoms with E-state index in [0.717, 1.165) is 28.0 Å². The topological polar surface area (TPSA) is 216 Å². The van der Waals surface area contributed by atoms with Gasteiger partial charge in [0.25, 0.3) is 11.8 Å². The molecule has 3 amide bonds. The number of rotatable bonds is 22. The second kappa shape index (κ2) is 27.7. The van der Waals surface area contributed by atoms with E-state index in [-0.39, 0.29) is 22.3 Å². The highest BCUT2D eigenvalue weighted by Crippen LogP contribution is 2.56. The van der Waals surface area contributed by atoms with Crippen LogP contribution in [0.5, 0.6) is 0 Å². The molecule has 89 heavy (non-hydrogen) atoms. The summed E-state index contributed by atoms with van der Waals surface area (Å²) < 4.78 is 17.5. The Balaban J connectivity index is 0.963. The Morgan fingerprint density at radius 2 is 1.17 bits per heavy atom. The van der Waals surface area contributed by atoms with Crippen molar-refractivity contribution >= 4 is 87.3 Å². The molecule has 1 fully saturated rings. The molecule has 7 aromatic carbocycles. The smallest absolute Gasteiger partial charge is 0.413 e. The summed E-state index contributed by atoms with van der Waals surface area (Å²) in [5.74, 6) is -3.76. The van der Waals surface area contributed by atoms with Crippen molar-refractivity contribution in [3.05, 3.63) is 291 Å². The summed E-state index contributed by atoms with van der Waals surface area (Å²) in [5.41, 5.74) is 3.19. The second-order valence-corrected chi connectivity index (χ2v) is 25.8. The highest BCUT2D eigenvalue weighted by Gasteiger charge is 2.56. The van der Waals surface area contributed by atoms with Gasteiger partial charge in [0.15, 0.2) is 23.1 Å². The Morgan fingerprint density at radius 1 is 0.685 bits per heavy atom. The molecule has 21 heteroatoms. The number of thioether (sulfide) groups is 3. The lowest BCUT2D eigenvalue weighted by molar-refractivity contribution is -0.154. The van der Waals surface area contributed by atoms with Gasteiger partial charge in [-0.1, -0.05) is 234 Å². The number of carbonyl (C=O) groups is 5. The van der Waals surface area contributed by atoms with Crippen molar-refractivity contribution in [3.8, 4) is 0 Å². The third-order valence-corrected chi connectivity index (χ3v) is 19.2. The first-order valence-corrected chi connectivity index (χ1v) is 31.8. The first-order valence-electron chi connectivity index (χ1n) is 28.1. The maximum Gasteiger partial charge on any atom is 0.413 e. The minimum absolute atomic E-state index is 0.00588. The van der Waals surface area contributed by atoms with Gasteiger partial charge in [-0.25, -0.2) is 19.4 Å². The zero-order valence-electron chi connectivity index (χ0n) is 48.2. The number of oxime groups is 1. The lowest BCUT2D eigenvalue weighted by Crippen LogP contribution is -2.71. The summed E-state index contributed by atoms with van der Waals surface area (Å²) in [4.78, 5) is 84.8. The van der Waals surface area contributed by atoms with Gasteiger partial charge in [-0.3, -0.25) is 24.9 Å². The van der Waals surface area contributed by atoms with Crippen LogP contribution in [-0.2, 0) is 43.6 Å². The zero-order chi connectivity index (χ0) is 61.9. The Hall–Kier alpha value is -9.54. The number of aromatic nitrogens is 4. The normalized spacial score (nSPS) is 15.3. The summed E-state index contributed by atoms with van der Waals surface area (Å²) in [6, 6.07) is 66.0. The molecule has 3 atom stereocenters. The summed E-state index contributed by atoms with van der Waals surface area (Å²) >= 11 is 5.17. The van der Waals surface area contributed by atoms with Crippen molar-refractivity contribution in [2.24, 2.45) is 5.16 Å². The predicted octanol–water partition coefficient (Wildman–Crippen LogP) is 13.0. The number of amides is 3. The lowest BCUT2D eigenvalue weighted by atomic mass is 9.70. The highest BCUT2D eigenvalue weighted by atomic mass is 32.2. The number of anilines is 1. The molecule has 4 heterocycles. The van der Waals surface area contributed by atoms with Crippen molar-refractivity contribution in [3.63, 3.8) is 0 Å². The molecule has 2 aromatic heterocycles. The van der Waals surface area contributed by atoms with E-state index in [1.807, 2.05) is 176 Å². The van der Waals surface area contributed by atoms with Gasteiger partial charge in [0.1, 0.15) is 33.4 Å². The molecule has 448 valence electrons. The van der Waals surface area contributed by atoms with Crippen molar-refractivity contribution in [1.82, 2.24) is 30.6 Å². The maximum absolute atomic E-state index is 15.7. The number of nitrogens with zero attached hydrogens (tertiary/aromatic N) is 5. The molecule has 0 radical (unpaired) electrons. The van der Waals surface area contributed by atoms with E-state index >= 15 is 9.59 Å². The molecule has 2 aliphatic rings. The molecule has 3 N–H and O–H groups in total. The van der Waals surface area contributed by atoms with Gasteiger partial charge in [-0.15, -0.1) is 40.0 Å². The fourth-order valence-electron chi connectivity index (χ4n) is 10.3. The number of β-lactam (4-membered cyclic amide) rings is 1. The number of hydrogen-bond donors (Lipinski definition) is 3. The van der Waals surface area contributed by atoms with Gasteiger partial charge >= 0.3 is 18.0 Å². The molecular formula is C68H58N8O9S4. The largest absolute Gasteiger partial charge is 0.448 e. The average Bonchev–Trinajstić information content (AvgIpc) is 0.987. The van der Waals surface area contributed by atoms with Crippen molar-refractivity contribution in [2.75, 3.05) is 11.1 Å². The summed E-state index contributed by atoms with van der Waals surface area (Å²) in [6.45, 7) is 8.92. The SMILES string of the molecule is C=C(O/N=C(\C(=O)N[C@@H]1C(=O)N2C(C(=O)OC(c3ccccc3)c3ccccc3)=C(SC(Sc3c[nH]nn3)C(c3ccccc3)(c3ccccc3)c3ccccc3)CS[C@@H]12)c1csc(NC(=O)OC(C)(C)C)n1)C(=O)OC(c1ccccc1)c1ccccc1. The average molecular weight is 1260 g/mol. The van der Waals surface area contributed by atoms with E-state index in [9.17, 15) is 14.4 Å². The minimum Gasteiger partial charge on any atom is -0.448 e. The van der Waals surface area contributed by atoms with Gasteiger partial charge in [0, 0.05) is 16.0 Å². The number of fused-ring (bicyclic) bond motifs is 1. The van der Waals surface area contributed by atoms with E-state index in [2.05, 4.69) is 79.2 Å². The molecule has 0 spiro atoms. The van der Waals surface area contributed by atoms with Crippen LogP contribution < -0.4 is 10.6 Å². The number of esters is 2. The molecule has 17 nitrogen and oxygen atoms in total. The molecule has 0 saturated carbocycles. The fourth-order valence-corrected chi connectivity index (χ4v) is 15.6. The summed E-state index contributed by atoms with van der Waals surface area (Å²) in [5, 5.41) is 22.2. The predicted molar refractivity (Wildman–Crippen MR) is 345 cm³/mol. The first-order chi connectivity index (χ1) is 43.2. The molecule has 1 saturated heterocycles. The van der Waals surface area contributed by atoms with Crippen LogP contribution >= 0.6 is 46.6 Å². The Labute approximate surface area is 530 Å². The quantitative estimate of drug-likeness (QED) is 0.00549. The van der Waals surface area contributed by atoms with E-state index in [1.165, 1.54) is 45.6 Å². The fraction of sp³-hybridized carbons (Fsp3) is 0.162. The van der Waals surface area contributed by atoms with E-state index in [0.29, 0.717) is 32.2 Å². The van der Waals surface area contributed by atoms with Crippen molar-refractivity contribution in [1.29, 1.82) is 0 Å². The molecule has 1 unspecified atom stereocenters. The number of nitrogens with one attached hydrogen (secondary N) is 3. The lowest BCUT2D eigenvalue weighted by Gasteiger charge is -2.50. The molecular weight excluding hydrogens is 1200 g/mol. The van der Waals surface area contributed by atoms with Gasteiger partial charge in [0.2, 0.25) is 5.76 Å². The van der Waals surface area contributed by atoms with Gasteiger partial charge in [0.05, 0.1) is 16.2 Å². The molecule has 11 rings (SSSR count). The van der Waals surface area contributed by atoms with E-state index in [1.54, 1.807) is 27.0 Å². The van der Waals surface area contributed by atoms with E-state index in [4.69, 9.17) is 19.0 Å². The Kier molecular flexibility index (Phi) is 19.0. The van der Waals surface area contributed by atoms with Crippen molar-refractivity contribution in [2.45, 2.75) is 65.0 Å². The van der Waals surface area contributed by atoms with Crippen LogP contribution in [0.3, 0.4) is 0 Å². The molecule has 0 aliphatic carbocycles. The number of benzene rings is 7. The Morgan fingerprint density at radius 3 is 1.64 bits per heavy atom. The van der Waals surface area contributed by atoms with Crippen LogP contribution in [0.2, 0.25) is 0 Å². The maximum atomic E-state index is 15.7. The number of thiazole rings is 1. The van der Waals surface area contributed by atoms with E-state index < -0.39 is 80.5 Å². The Bertz CT molecular complexity index is 3840. The standard InChI is InChI=1S/C68H58N8O9S4/c1-43(62(79)82-57(44-26-12-5-13-27-44)45-28-14-6-15-29-45)85-74-54(51-41-87-65(70-51)72-66(81)84-67(2,3)4)59(77)71-55-60(78)76-56(63(80)83-58(46-30-16-7-17-31-46)47-32-18-8-19-33-47)52(42-86-61(55)76)88-64(89-53-40-69-75-73-53)68(48-34-20-9-21-35-48,49-36-22-10-23-37-49)50-38-24-11-25-39-50/h5-41,55,57-58,61,64H,1,42H2,2-4H3,(H,71,77)(H,69,73,75)(H,70,72,81)/b74-54-/t55-,61+,64?/m1/s1. The third-order valence-electron chi connectivity index (χ3n) is 14.2. The van der Waals surface area contributed by atoms with Crippen LogP contribution in [-0.4, -0.2) is 88.2 Å². The number of aromatic amines is 1. The van der Waals surface area contributed by atoms with Gasteiger partial charge < -0.3 is 24.4 Å². The molecule has 0 bridgehead atoms. The van der Waals surface area contributed by atoms with Gasteiger partial charge in [-0.05, 0) is 66.3 Å². The van der Waals surface area contributed by atoms with Crippen LogP contribution in [0, 0.1) is 0 Å². The number of H-pyrrole nitrogens is 1. The highest BCUT2D eigenvalue weighted by molar-refractivity contribution is 8.19. The molecule has 2 aliphatic heterocycles. The van der Waals surface area contributed by atoms with Crippen LogP contribution in [0.1, 0.15) is 77.6 Å². The summed E-state index contributed by atoms with van der Waals surface area (Å²) in [6.07, 6.45) is -0.853. The second-order valence-electron chi connectivity index (χ2n) is 21.3. The van der Waals surface area contributed by atoms with Gasteiger partial charge in [-0.2, -0.15) is 0 Å². The third kappa shape index (κ3) is 13.9. The molecule has 9 aromatic rings.